The van der Waals surface area contributed by atoms with Crippen LogP contribution in [0.15, 0.2) is 39.9 Å². The molecule has 0 saturated carbocycles. The van der Waals surface area contributed by atoms with E-state index in [9.17, 15) is 19.5 Å². The van der Waals surface area contributed by atoms with Crippen molar-refractivity contribution in [2.75, 3.05) is 6.61 Å². The number of carbonyl (C=O) groups is 1. The first kappa shape index (κ1) is 25.9. The van der Waals surface area contributed by atoms with E-state index >= 15 is 0 Å². The highest BCUT2D eigenvalue weighted by atomic mass is 32.1. The Kier molecular flexibility index (Phi) is 7.80. The number of hydrogen-bond acceptors (Lipinski definition) is 7. The predicted molar refractivity (Wildman–Crippen MR) is 132 cm³/mol. The molecule has 0 aliphatic rings. The first-order chi connectivity index (χ1) is 16.0. The molecule has 2 heterocycles. The SMILES string of the molecule is CCOC(O)c1sc2c(c1C)c(=O)n(C(C)C(=O)OC(C)(C)C)c(=O)n2CCc1ccccc1. The minimum Gasteiger partial charge on any atom is -0.458 e. The van der Waals surface area contributed by atoms with E-state index in [1.54, 1.807) is 34.6 Å². The smallest absolute Gasteiger partial charge is 0.332 e. The van der Waals surface area contributed by atoms with Crippen LogP contribution in [0.2, 0.25) is 0 Å². The summed E-state index contributed by atoms with van der Waals surface area (Å²) in [7, 11) is 0. The molecule has 2 aromatic heterocycles. The number of thiophene rings is 1. The summed E-state index contributed by atoms with van der Waals surface area (Å²) in [6.45, 7) is 10.7. The van der Waals surface area contributed by atoms with Crippen molar-refractivity contribution < 1.29 is 19.4 Å². The van der Waals surface area contributed by atoms with Crippen molar-refractivity contribution in [1.29, 1.82) is 0 Å². The Morgan fingerprint density at radius 1 is 1.18 bits per heavy atom. The van der Waals surface area contributed by atoms with Crippen molar-refractivity contribution in [3.8, 4) is 0 Å². The van der Waals surface area contributed by atoms with Crippen molar-refractivity contribution in [1.82, 2.24) is 9.13 Å². The molecule has 0 amide bonds. The number of carbonyl (C=O) groups excluding carboxylic acids is 1. The van der Waals surface area contributed by atoms with Crippen LogP contribution in [0.25, 0.3) is 10.2 Å². The van der Waals surface area contributed by atoms with Crippen LogP contribution in [-0.2, 0) is 27.2 Å². The van der Waals surface area contributed by atoms with Gasteiger partial charge < -0.3 is 14.6 Å². The molecular formula is C25H32N2O6S. The molecule has 184 valence electrons. The fraction of sp³-hybridized carbons (Fsp3) is 0.480. The van der Waals surface area contributed by atoms with E-state index in [-0.39, 0.29) is 6.61 Å². The summed E-state index contributed by atoms with van der Waals surface area (Å²) in [5.41, 5.74) is -0.380. The molecule has 3 aromatic rings. The maximum Gasteiger partial charge on any atom is 0.332 e. The maximum atomic E-state index is 13.6. The number of benzene rings is 1. The average molecular weight is 489 g/mol. The maximum absolute atomic E-state index is 13.6. The zero-order chi connectivity index (χ0) is 25.2. The molecule has 0 spiro atoms. The highest BCUT2D eigenvalue weighted by Gasteiger charge is 2.29. The normalized spacial score (nSPS) is 13.7. The lowest BCUT2D eigenvalue weighted by Crippen LogP contribution is -2.45. The van der Waals surface area contributed by atoms with E-state index in [0.717, 1.165) is 21.5 Å². The lowest BCUT2D eigenvalue weighted by molar-refractivity contribution is -0.158. The lowest BCUT2D eigenvalue weighted by atomic mass is 10.1. The minimum atomic E-state index is -1.21. The van der Waals surface area contributed by atoms with Crippen LogP contribution in [0.1, 0.15) is 63.0 Å². The van der Waals surface area contributed by atoms with Crippen molar-refractivity contribution in [2.24, 2.45) is 0 Å². The topological polar surface area (TPSA) is 99.8 Å². The minimum absolute atomic E-state index is 0.287. The second-order valence-corrected chi connectivity index (χ2v) is 10.2. The molecule has 2 atom stereocenters. The third-order valence-electron chi connectivity index (χ3n) is 5.43. The molecule has 0 aliphatic carbocycles. The highest BCUT2D eigenvalue weighted by molar-refractivity contribution is 7.19. The Balaban J connectivity index is 2.22. The summed E-state index contributed by atoms with van der Waals surface area (Å²) in [6.07, 6.45) is -0.661. The van der Waals surface area contributed by atoms with Gasteiger partial charge in [0.25, 0.3) is 5.56 Å². The Hall–Kier alpha value is -2.75. The Bertz CT molecular complexity index is 1280. The number of aryl methyl sites for hydroxylation is 3. The van der Waals surface area contributed by atoms with Crippen molar-refractivity contribution in [2.45, 2.75) is 72.4 Å². The number of hydrogen-bond donors (Lipinski definition) is 1. The van der Waals surface area contributed by atoms with Gasteiger partial charge in [-0.05, 0) is 59.1 Å². The standard InChI is InChI=1S/C25H32N2O6S/c1-7-32-23(30)19-15(2)18-20(28)27(16(3)22(29)33-25(4,5)6)24(31)26(21(18)34-19)14-13-17-11-9-8-10-12-17/h8-12,16,23,30H,7,13-14H2,1-6H3. The molecule has 0 saturated heterocycles. The Morgan fingerprint density at radius 2 is 1.82 bits per heavy atom. The van der Waals surface area contributed by atoms with Crippen LogP contribution in [0, 0.1) is 6.92 Å². The van der Waals surface area contributed by atoms with Crippen LogP contribution in [0.5, 0.6) is 0 Å². The molecule has 1 aromatic carbocycles. The van der Waals surface area contributed by atoms with Crippen molar-refractivity contribution >= 4 is 27.5 Å². The van der Waals surface area contributed by atoms with Gasteiger partial charge >= 0.3 is 11.7 Å². The second-order valence-electron chi connectivity index (χ2n) is 9.13. The van der Waals surface area contributed by atoms with E-state index in [1.807, 2.05) is 30.3 Å². The molecule has 0 aliphatic heterocycles. The third-order valence-corrected chi connectivity index (χ3v) is 6.78. The van der Waals surface area contributed by atoms with Gasteiger partial charge in [0.05, 0.1) is 10.3 Å². The second kappa shape index (κ2) is 10.2. The molecule has 0 radical (unpaired) electrons. The van der Waals surface area contributed by atoms with Gasteiger partial charge in [-0.15, -0.1) is 11.3 Å². The molecule has 0 bridgehead atoms. The Labute approximate surface area is 202 Å². The van der Waals surface area contributed by atoms with Crippen molar-refractivity contribution in [3.63, 3.8) is 0 Å². The molecule has 3 rings (SSSR count). The van der Waals surface area contributed by atoms with Gasteiger partial charge in [0.15, 0.2) is 6.29 Å². The molecule has 2 unspecified atom stereocenters. The quantitative estimate of drug-likeness (QED) is 0.383. The van der Waals surface area contributed by atoms with Crippen LogP contribution in [-0.4, -0.2) is 32.4 Å². The first-order valence-corrected chi connectivity index (χ1v) is 12.1. The average Bonchev–Trinajstić information content (AvgIpc) is 3.10. The highest BCUT2D eigenvalue weighted by Crippen LogP contribution is 2.33. The van der Waals surface area contributed by atoms with E-state index in [4.69, 9.17) is 9.47 Å². The number of aliphatic hydroxyl groups is 1. The lowest BCUT2D eigenvalue weighted by Gasteiger charge is -2.23. The molecule has 34 heavy (non-hydrogen) atoms. The summed E-state index contributed by atoms with van der Waals surface area (Å²) in [6, 6.07) is 8.57. The van der Waals surface area contributed by atoms with Gasteiger partial charge in [0.2, 0.25) is 0 Å². The zero-order valence-electron chi connectivity index (χ0n) is 20.5. The van der Waals surface area contributed by atoms with Crippen LogP contribution >= 0.6 is 11.3 Å². The molecule has 1 N–H and O–H groups in total. The number of esters is 1. The predicted octanol–water partition coefficient (Wildman–Crippen LogP) is 3.71. The molecule has 0 fully saturated rings. The van der Waals surface area contributed by atoms with E-state index < -0.39 is 35.2 Å². The largest absolute Gasteiger partial charge is 0.458 e. The van der Waals surface area contributed by atoms with Crippen LogP contribution in [0.3, 0.4) is 0 Å². The third kappa shape index (κ3) is 5.32. The van der Waals surface area contributed by atoms with Gasteiger partial charge in [0, 0.05) is 13.2 Å². The van der Waals surface area contributed by atoms with Crippen LogP contribution in [0.4, 0.5) is 0 Å². The summed E-state index contributed by atoms with van der Waals surface area (Å²) in [5, 5.41) is 10.8. The van der Waals surface area contributed by atoms with Gasteiger partial charge in [-0.2, -0.15) is 0 Å². The summed E-state index contributed by atoms with van der Waals surface area (Å²) in [5.74, 6) is -0.664. The van der Waals surface area contributed by atoms with Gasteiger partial charge in [-0.1, -0.05) is 30.3 Å². The van der Waals surface area contributed by atoms with Crippen LogP contribution < -0.4 is 11.2 Å². The summed E-state index contributed by atoms with van der Waals surface area (Å²) >= 11 is 1.16. The van der Waals surface area contributed by atoms with E-state index in [2.05, 4.69) is 0 Å². The molecule has 9 heteroatoms. The fourth-order valence-electron chi connectivity index (χ4n) is 3.77. The number of aromatic nitrogens is 2. The number of ether oxygens (including phenoxy) is 2. The summed E-state index contributed by atoms with van der Waals surface area (Å²) < 4.78 is 13.3. The number of rotatable bonds is 8. The van der Waals surface area contributed by atoms with Crippen molar-refractivity contribution in [3.05, 3.63) is 67.2 Å². The van der Waals surface area contributed by atoms with Gasteiger partial charge in [-0.3, -0.25) is 9.36 Å². The fourth-order valence-corrected chi connectivity index (χ4v) is 5.02. The number of nitrogens with zero attached hydrogens (tertiary/aromatic N) is 2. The number of aliphatic hydroxyl groups excluding tert-OH is 1. The van der Waals surface area contributed by atoms with E-state index in [1.165, 1.54) is 11.5 Å². The summed E-state index contributed by atoms with van der Waals surface area (Å²) in [4.78, 5) is 40.8. The first-order valence-electron chi connectivity index (χ1n) is 11.3. The monoisotopic (exact) mass is 488 g/mol. The van der Waals surface area contributed by atoms with Gasteiger partial charge in [0.1, 0.15) is 16.5 Å². The molecule has 8 nitrogen and oxygen atoms in total. The van der Waals surface area contributed by atoms with E-state index in [0.29, 0.717) is 33.6 Å². The Morgan fingerprint density at radius 3 is 2.41 bits per heavy atom. The zero-order valence-corrected chi connectivity index (χ0v) is 21.3. The number of fused-ring (bicyclic) bond motifs is 1. The molecular weight excluding hydrogens is 456 g/mol. The van der Waals surface area contributed by atoms with Gasteiger partial charge in [-0.25, -0.2) is 14.2 Å².